The first-order chi connectivity index (χ1) is 13.3. The summed E-state index contributed by atoms with van der Waals surface area (Å²) in [6.07, 6.45) is 7.15. The first kappa shape index (κ1) is 20.1. The quantitative estimate of drug-likeness (QED) is 0.436. The van der Waals surface area contributed by atoms with Gasteiger partial charge in [0, 0.05) is 65.4 Å². The fourth-order valence-electron chi connectivity index (χ4n) is 3.52. The van der Waals surface area contributed by atoms with Gasteiger partial charge in [0.2, 0.25) is 0 Å². The van der Waals surface area contributed by atoms with E-state index >= 15 is 0 Å². The Balaban J connectivity index is 1.34. The standard InChI is InChI=1S/C19H33N5O3/c1-20-19(21-6-3-8-26-15-16-4-9-25-10-5-16)24-7-11-27-18(14-24)17-12-22-23(2)13-17/h12-13,16,18H,3-11,14-15H2,1-2H3,(H,20,21). The lowest BCUT2D eigenvalue weighted by atomic mass is 10.0. The van der Waals surface area contributed by atoms with Gasteiger partial charge in [-0.3, -0.25) is 9.67 Å². The molecule has 2 fully saturated rings. The summed E-state index contributed by atoms with van der Waals surface area (Å²) in [6, 6.07) is 0. The zero-order chi connectivity index (χ0) is 18.9. The van der Waals surface area contributed by atoms with Crippen LogP contribution in [-0.4, -0.2) is 80.4 Å². The Morgan fingerprint density at radius 3 is 2.96 bits per heavy atom. The molecule has 8 nitrogen and oxygen atoms in total. The number of morpholine rings is 1. The normalized spacial score (nSPS) is 22.2. The van der Waals surface area contributed by atoms with E-state index in [-0.39, 0.29) is 6.10 Å². The van der Waals surface area contributed by atoms with Crippen molar-refractivity contribution in [1.82, 2.24) is 20.0 Å². The second-order valence-electron chi connectivity index (χ2n) is 7.21. The molecule has 8 heteroatoms. The molecule has 0 radical (unpaired) electrons. The predicted octanol–water partition coefficient (Wildman–Crippen LogP) is 1.20. The van der Waals surface area contributed by atoms with Crippen molar-refractivity contribution < 1.29 is 14.2 Å². The second-order valence-corrected chi connectivity index (χ2v) is 7.21. The molecule has 0 saturated carbocycles. The van der Waals surface area contributed by atoms with E-state index in [2.05, 4.69) is 20.3 Å². The minimum Gasteiger partial charge on any atom is -0.381 e. The molecule has 0 bridgehead atoms. The summed E-state index contributed by atoms with van der Waals surface area (Å²) in [6.45, 7) is 6.57. The molecular formula is C19H33N5O3. The molecule has 2 aliphatic heterocycles. The van der Waals surface area contributed by atoms with Crippen LogP contribution in [0.5, 0.6) is 0 Å². The number of aliphatic imine (C=N–C) groups is 1. The van der Waals surface area contributed by atoms with E-state index in [4.69, 9.17) is 14.2 Å². The van der Waals surface area contributed by atoms with Crippen molar-refractivity contribution in [3.05, 3.63) is 18.0 Å². The molecule has 1 aromatic rings. The lowest BCUT2D eigenvalue weighted by Crippen LogP contribution is -2.48. The number of hydrogen-bond donors (Lipinski definition) is 1. The van der Waals surface area contributed by atoms with Crippen LogP contribution in [0.4, 0.5) is 0 Å². The fraction of sp³-hybridized carbons (Fsp3) is 0.789. The van der Waals surface area contributed by atoms with Crippen molar-refractivity contribution in [2.75, 3.05) is 59.7 Å². The van der Waals surface area contributed by atoms with Crippen LogP contribution in [0.1, 0.15) is 30.9 Å². The number of nitrogens with zero attached hydrogens (tertiary/aromatic N) is 4. The molecule has 0 aromatic carbocycles. The van der Waals surface area contributed by atoms with E-state index in [1.165, 1.54) is 0 Å². The Bertz CT molecular complexity index is 586. The van der Waals surface area contributed by atoms with E-state index in [0.717, 1.165) is 76.8 Å². The van der Waals surface area contributed by atoms with Crippen molar-refractivity contribution in [2.45, 2.75) is 25.4 Å². The van der Waals surface area contributed by atoms with Crippen LogP contribution >= 0.6 is 0 Å². The SMILES string of the molecule is CN=C(NCCCOCC1CCOCC1)N1CCOC(c2cnn(C)c2)C1. The average molecular weight is 380 g/mol. The first-order valence-electron chi connectivity index (χ1n) is 9.97. The molecule has 2 aliphatic rings. The van der Waals surface area contributed by atoms with Crippen molar-refractivity contribution in [1.29, 1.82) is 0 Å². The fourth-order valence-corrected chi connectivity index (χ4v) is 3.52. The van der Waals surface area contributed by atoms with Crippen LogP contribution in [0.15, 0.2) is 17.4 Å². The largest absolute Gasteiger partial charge is 0.381 e. The van der Waals surface area contributed by atoms with Crippen LogP contribution in [-0.2, 0) is 21.3 Å². The summed E-state index contributed by atoms with van der Waals surface area (Å²) in [5.74, 6) is 1.59. The second kappa shape index (κ2) is 10.6. The van der Waals surface area contributed by atoms with Gasteiger partial charge in [-0.2, -0.15) is 5.10 Å². The van der Waals surface area contributed by atoms with Gasteiger partial charge in [-0.05, 0) is 25.2 Å². The van der Waals surface area contributed by atoms with E-state index < -0.39 is 0 Å². The van der Waals surface area contributed by atoms with E-state index in [1.807, 2.05) is 31.2 Å². The first-order valence-corrected chi connectivity index (χ1v) is 9.97. The highest BCUT2D eigenvalue weighted by molar-refractivity contribution is 5.80. The Kier molecular flexibility index (Phi) is 7.92. The lowest BCUT2D eigenvalue weighted by Gasteiger charge is -2.34. The van der Waals surface area contributed by atoms with Crippen molar-refractivity contribution in [3.63, 3.8) is 0 Å². The van der Waals surface area contributed by atoms with Gasteiger partial charge in [0.15, 0.2) is 5.96 Å². The molecule has 1 atom stereocenters. The Morgan fingerprint density at radius 2 is 2.22 bits per heavy atom. The average Bonchev–Trinajstić information content (AvgIpc) is 3.15. The monoisotopic (exact) mass is 379 g/mol. The molecule has 3 rings (SSSR count). The third kappa shape index (κ3) is 6.19. The highest BCUT2D eigenvalue weighted by Crippen LogP contribution is 2.21. The van der Waals surface area contributed by atoms with Gasteiger partial charge < -0.3 is 24.4 Å². The smallest absolute Gasteiger partial charge is 0.193 e. The van der Waals surface area contributed by atoms with E-state index in [1.54, 1.807) is 0 Å². The molecule has 3 heterocycles. The molecule has 0 amide bonds. The number of guanidine groups is 1. The van der Waals surface area contributed by atoms with Gasteiger partial charge in [0.1, 0.15) is 6.10 Å². The summed E-state index contributed by atoms with van der Waals surface area (Å²) >= 11 is 0. The maximum absolute atomic E-state index is 5.91. The van der Waals surface area contributed by atoms with Gasteiger partial charge in [-0.15, -0.1) is 0 Å². The Labute approximate surface area is 161 Å². The highest BCUT2D eigenvalue weighted by Gasteiger charge is 2.25. The molecule has 1 N–H and O–H groups in total. The number of ether oxygens (including phenoxy) is 3. The zero-order valence-electron chi connectivity index (χ0n) is 16.6. The molecule has 152 valence electrons. The Hall–Kier alpha value is -1.64. The zero-order valence-corrected chi connectivity index (χ0v) is 16.6. The molecule has 0 spiro atoms. The lowest BCUT2D eigenvalue weighted by molar-refractivity contribution is -0.00810. The molecular weight excluding hydrogens is 346 g/mol. The van der Waals surface area contributed by atoms with Crippen molar-refractivity contribution >= 4 is 5.96 Å². The van der Waals surface area contributed by atoms with Gasteiger partial charge in [0.25, 0.3) is 0 Å². The molecule has 1 aromatic heterocycles. The highest BCUT2D eigenvalue weighted by atomic mass is 16.5. The number of rotatable bonds is 7. The van der Waals surface area contributed by atoms with E-state index in [0.29, 0.717) is 12.5 Å². The summed E-state index contributed by atoms with van der Waals surface area (Å²) < 4.78 is 18.9. The Morgan fingerprint density at radius 1 is 1.37 bits per heavy atom. The topological polar surface area (TPSA) is 73.1 Å². The third-order valence-corrected chi connectivity index (χ3v) is 5.12. The summed E-state index contributed by atoms with van der Waals surface area (Å²) in [7, 11) is 3.76. The molecule has 2 saturated heterocycles. The minimum absolute atomic E-state index is 0.0359. The molecule has 0 aliphatic carbocycles. The number of aromatic nitrogens is 2. The number of aryl methyl sites for hydroxylation is 1. The van der Waals surface area contributed by atoms with Crippen LogP contribution in [0, 0.1) is 5.92 Å². The van der Waals surface area contributed by atoms with Gasteiger partial charge in [0.05, 0.1) is 19.3 Å². The van der Waals surface area contributed by atoms with Crippen LogP contribution in [0.3, 0.4) is 0 Å². The summed E-state index contributed by atoms with van der Waals surface area (Å²) in [5.41, 5.74) is 1.11. The van der Waals surface area contributed by atoms with Gasteiger partial charge >= 0.3 is 0 Å². The van der Waals surface area contributed by atoms with Gasteiger partial charge in [-0.1, -0.05) is 0 Å². The predicted molar refractivity (Wildman–Crippen MR) is 104 cm³/mol. The third-order valence-electron chi connectivity index (χ3n) is 5.12. The number of hydrogen-bond acceptors (Lipinski definition) is 5. The van der Waals surface area contributed by atoms with Crippen LogP contribution in [0.2, 0.25) is 0 Å². The number of nitrogens with one attached hydrogen (secondary N) is 1. The van der Waals surface area contributed by atoms with Gasteiger partial charge in [-0.25, -0.2) is 0 Å². The summed E-state index contributed by atoms with van der Waals surface area (Å²) in [4.78, 5) is 6.69. The van der Waals surface area contributed by atoms with Crippen molar-refractivity contribution in [3.8, 4) is 0 Å². The van der Waals surface area contributed by atoms with E-state index in [9.17, 15) is 0 Å². The maximum atomic E-state index is 5.91. The van der Waals surface area contributed by atoms with Crippen LogP contribution < -0.4 is 5.32 Å². The van der Waals surface area contributed by atoms with Crippen molar-refractivity contribution in [2.24, 2.45) is 18.0 Å². The molecule has 1 unspecified atom stereocenters. The molecule has 27 heavy (non-hydrogen) atoms. The minimum atomic E-state index is 0.0359. The summed E-state index contributed by atoms with van der Waals surface area (Å²) in [5, 5.41) is 7.70. The maximum Gasteiger partial charge on any atom is 0.193 e. The van der Waals surface area contributed by atoms with Crippen LogP contribution in [0.25, 0.3) is 0 Å².